The summed E-state index contributed by atoms with van der Waals surface area (Å²) in [6, 6.07) is 21.5. The van der Waals surface area contributed by atoms with Crippen LogP contribution in [-0.2, 0) is 16.0 Å². The predicted octanol–water partition coefficient (Wildman–Crippen LogP) is 5.89. The Morgan fingerprint density at radius 3 is 2.23 bits per heavy atom. The number of carbonyl (C=O) groups is 1. The van der Waals surface area contributed by atoms with Crippen molar-refractivity contribution in [2.24, 2.45) is 0 Å². The molecule has 0 heterocycles. The monoisotopic (exact) mass is 476 g/mol. The Morgan fingerprint density at radius 2 is 1.63 bits per heavy atom. The highest BCUT2D eigenvalue weighted by atomic mass is 16.5. The lowest BCUT2D eigenvalue weighted by Crippen LogP contribution is -2.26. The van der Waals surface area contributed by atoms with Gasteiger partial charge in [0.15, 0.2) is 6.10 Å². The van der Waals surface area contributed by atoms with Gasteiger partial charge in [0.1, 0.15) is 23.9 Å². The summed E-state index contributed by atoms with van der Waals surface area (Å²) in [5.74, 6) is 1.34. The minimum atomic E-state index is -0.955. The molecule has 0 fully saturated rings. The summed E-state index contributed by atoms with van der Waals surface area (Å²) in [5.41, 5.74) is 5.11. The Morgan fingerprint density at radius 1 is 0.943 bits per heavy atom. The lowest BCUT2D eigenvalue weighted by Gasteiger charge is -2.13. The van der Waals surface area contributed by atoms with E-state index in [0.29, 0.717) is 19.6 Å². The molecule has 0 amide bonds. The molecule has 0 spiro atoms. The van der Waals surface area contributed by atoms with Crippen molar-refractivity contribution in [3.05, 3.63) is 83.9 Å². The van der Waals surface area contributed by atoms with Gasteiger partial charge in [-0.15, -0.1) is 0 Å². The topological polar surface area (TPSA) is 74.2 Å². The Hall–Kier alpha value is -3.77. The molecule has 6 heteroatoms. The van der Waals surface area contributed by atoms with E-state index in [1.165, 1.54) is 0 Å². The molecule has 0 aliphatic heterocycles. The number of rotatable bonds is 12. The highest BCUT2D eigenvalue weighted by molar-refractivity contribution is 5.74. The van der Waals surface area contributed by atoms with Crippen molar-refractivity contribution in [3.8, 4) is 28.4 Å². The van der Waals surface area contributed by atoms with Gasteiger partial charge in [-0.2, -0.15) is 0 Å². The number of carboxylic acid groups (broad SMARTS) is 1. The van der Waals surface area contributed by atoms with Gasteiger partial charge in [-0.1, -0.05) is 36.4 Å². The van der Waals surface area contributed by atoms with E-state index in [1.807, 2.05) is 55.5 Å². The molecular formula is C29H32O6. The number of hydrogen-bond donors (Lipinski definition) is 1. The van der Waals surface area contributed by atoms with Gasteiger partial charge in [-0.05, 0) is 72.5 Å². The second-order valence-corrected chi connectivity index (χ2v) is 7.97. The number of methoxy groups -OCH3 is 2. The molecule has 1 atom stereocenters. The Labute approximate surface area is 206 Å². The Balaban J connectivity index is 1.60. The van der Waals surface area contributed by atoms with Crippen LogP contribution in [0.4, 0.5) is 0 Å². The molecule has 0 saturated heterocycles. The molecule has 0 radical (unpaired) electrons. The van der Waals surface area contributed by atoms with Crippen LogP contribution in [0.5, 0.6) is 17.2 Å². The van der Waals surface area contributed by atoms with Crippen molar-refractivity contribution in [2.45, 2.75) is 26.4 Å². The van der Waals surface area contributed by atoms with E-state index in [1.54, 1.807) is 21.1 Å². The molecule has 0 unspecified atom stereocenters. The maximum Gasteiger partial charge on any atom is 0.333 e. The first kappa shape index (κ1) is 25.8. The number of allylic oxidation sites excluding steroid dienone is 1. The van der Waals surface area contributed by atoms with Crippen LogP contribution >= 0.6 is 0 Å². The van der Waals surface area contributed by atoms with Crippen LogP contribution in [0.1, 0.15) is 25.0 Å². The fraction of sp³-hybridized carbons (Fsp3) is 0.276. The molecule has 3 rings (SSSR count). The van der Waals surface area contributed by atoms with Gasteiger partial charge < -0.3 is 24.1 Å². The summed E-state index contributed by atoms with van der Waals surface area (Å²) in [6.07, 6.45) is 1.51. The zero-order valence-corrected chi connectivity index (χ0v) is 20.6. The molecule has 3 aromatic carbocycles. The molecule has 0 bridgehead atoms. The first-order chi connectivity index (χ1) is 16.9. The number of ether oxygens (including phenoxy) is 4. The smallest absolute Gasteiger partial charge is 0.333 e. The number of carboxylic acids is 1. The highest BCUT2D eigenvalue weighted by Crippen LogP contribution is 2.34. The van der Waals surface area contributed by atoms with Gasteiger partial charge in [0.25, 0.3) is 0 Å². The fourth-order valence-electron chi connectivity index (χ4n) is 3.69. The molecule has 35 heavy (non-hydrogen) atoms. The fourth-order valence-corrected chi connectivity index (χ4v) is 3.69. The van der Waals surface area contributed by atoms with E-state index in [2.05, 4.69) is 24.3 Å². The third-order valence-electron chi connectivity index (χ3n) is 5.69. The van der Waals surface area contributed by atoms with E-state index < -0.39 is 12.1 Å². The van der Waals surface area contributed by atoms with Gasteiger partial charge in [-0.25, -0.2) is 4.79 Å². The van der Waals surface area contributed by atoms with E-state index in [4.69, 9.17) is 18.9 Å². The van der Waals surface area contributed by atoms with Crippen molar-refractivity contribution in [3.63, 3.8) is 0 Å². The van der Waals surface area contributed by atoms with Crippen molar-refractivity contribution < 1.29 is 28.8 Å². The van der Waals surface area contributed by atoms with Gasteiger partial charge >= 0.3 is 5.97 Å². The maximum atomic E-state index is 11.3. The van der Waals surface area contributed by atoms with E-state index >= 15 is 0 Å². The number of hydrogen-bond acceptors (Lipinski definition) is 5. The van der Waals surface area contributed by atoms with Gasteiger partial charge in [-0.3, -0.25) is 0 Å². The minimum Gasteiger partial charge on any atom is -0.497 e. The summed E-state index contributed by atoms with van der Waals surface area (Å²) in [6.45, 7) is 4.62. The molecule has 184 valence electrons. The van der Waals surface area contributed by atoms with Crippen LogP contribution in [0, 0.1) is 0 Å². The number of aliphatic carboxylic acids is 1. The number of benzene rings is 3. The van der Waals surface area contributed by atoms with E-state index in [9.17, 15) is 9.90 Å². The van der Waals surface area contributed by atoms with Crippen molar-refractivity contribution in [2.75, 3.05) is 27.4 Å². The molecule has 0 saturated carbocycles. The molecule has 6 nitrogen and oxygen atoms in total. The van der Waals surface area contributed by atoms with Gasteiger partial charge in [0, 0.05) is 18.6 Å². The van der Waals surface area contributed by atoms with Crippen molar-refractivity contribution in [1.29, 1.82) is 0 Å². The van der Waals surface area contributed by atoms with E-state index in [-0.39, 0.29) is 0 Å². The zero-order chi connectivity index (χ0) is 25.2. The maximum absolute atomic E-state index is 11.3. The summed E-state index contributed by atoms with van der Waals surface area (Å²) in [4.78, 5) is 11.3. The van der Waals surface area contributed by atoms with Crippen LogP contribution in [0.3, 0.4) is 0 Å². The normalized spacial score (nSPS) is 12.2. The molecule has 0 aliphatic rings. The summed E-state index contributed by atoms with van der Waals surface area (Å²) in [7, 11) is 3.31. The standard InChI is InChI=1S/C29H32O6/c1-5-34-28(29(30)31)18-21-6-12-24(13-7-21)35-17-16-20(2)22-8-10-23(11-9-22)26-19-25(32-3)14-15-27(26)33-4/h6-16,19,28H,5,17-18H2,1-4H3,(H,30,31)/t28-/m0/s1. The highest BCUT2D eigenvalue weighted by Gasteiger charge is 2.17. The second-order valence-electron chi connectivity index (χ2n) is 7.97. The quantitative estimate of drug-likeness (QED) is 0.352. The molecule has 0 aromatic heterocycles. The minimum absolute atomic E-state index is 0.320. The predicted molar refractivity (Wildman–Crippen MR) is 137 cm³/mol. The molecule has 3 aromatic rings. The van der Waals surface area contributed by atoms with Gasteiger partial charge in [0.2, 0.25) is 0 Å². The van der Waals surface area contributed by atoms with Crippen LogP contribution in [-0.4, -0.2) is 44.6 Å². The second kappa shape index (κ2) is 12.6. The Kier molecular flexibility index (Phi) is 9.32. The van der Waals surface area contributed by atoms with E-state index in [0.717, 1.165) is 45.1 Å². The lowest BCUT2D eigenvalue weighted by molar-refractivity contribution is -0.149. The third-order valence-corrected chi connectivity index (χ3v) is 5.69. The summed E-state index contributed by atoms with van der Waals surface area (Å²) < 4.78 is 22.0. The molecule has 1 N–H and O–H groups in total. The van der Waals surface area contributed by atoms with Gasteiger partial charge in [0.05, 0.1) is 14.2 Å². The Bertz CT molecular complexity index is 1130. The molecule has 0 aliphatic carbocycles. The third kappa shape index (κ3) is 7.11. The molecular weight excluding hydrogens is 444 g/mol. The SMILES string of the molecule is CCO[C@@H](Cc1ccc(OCC=C(C)c2ccc(-c3cc(OC)ccc3OC)cc2)cc1)C(=O)O. The largest absolute Gasteiger partial charge is 0.497 e. The zero-order valence-electron chi connectivity index (χ0n) is 20.6. The van der Waals surface area contributed by atoms with Crippen molar-refractivity contribution in [1.82, 2.24) is 0 Å². The first-order valence-electron chi connectivity index (χ1n) is 11.5. The van der Waals surface area contributed by atoms with Crippen LogP contribution in [0.2, 0.25) is 0 Å². The van der Waals surface area contributed by atoms with Crippen LogP contribution in [0.25, 0.3) is 16.7 Å². The summed E-state index contributed by atoms with van der Waals surface area (Å²) in [5, 5.41) is 9.23. The lowest BCUT2D eigenvalue weighted by atomic mass is 10.00. The van der Waals surface area contributed by atoms with Crippen LogP contribution < -0.4 is 14.2 Å². The van der Waals surface area contributed by atoms with Crippen LogP contribution in [0.15, 0.2) is 72.8 Å². The average Bonchev–Trinajstić information content (AvgIpc) is 2.89. The van der Waals surface area contributed by atoms with Crippen molar-refractivity contribution >= 4 is 11.5 Å². The first-order valence-corrected chi connectivity index (χ1v) is 11.5. The average molecular weight is 477 g/mol. The summed E-state index contributed by atoms with van der Waals surface area (Å²) >= 11 is 0.